The average Bonchev–Trinajstić information content (AvgIpc) is 3.28. The zero-order chi connectivity index (χ0) is 22.8. The number of carbonyl (C=O) groups is 1. The summed E-state index contributed by atoms with van der Waals surface area (Å²) in [7, 11) is 0. The molecule has 2 aromatic rings. The molecule has 3 aliphatic heterocycles. The molecule has 3 heterocycles. The van der Waals surface area contributed by atoms with Crippen LogP contribution in [0.5, 0.6) is 0 Å². The molecule has 0 saturated carbocycles. The Morgan fingerprint density at radius 3 is 2.45 bits per heavy atom. The second-order valence-electron chi connectivity index (χ2n) is 9.26. The van der Waals surface area contributed by atoms with Crippen molar-refractivity contribution in [2.45, 2.75) is 38.2 Å². The highest BCUT2D eigenvalue weighted by Gasteiger charge is 2.28. The Kier molecular flexibility index (Phi) is 6.51. The number of rotatable bonds is 5. The van der Waals surface area contributed by atoms with E-state index in [1.807, 2.05) is 4.90 Å². The molecule has 0 bridgehead atoms. The molecule has 1 amide bonds. The smallest absolute Gasteiger partial charge is 0.268 e. The molecule has 174 valence electrons. The van der Waals surface area contributed by atoms with Gasteiger partial charge in [0.2, 0.25) is 0 Å². The number of piperazine rings is 1. The number of alkyl halides is 2. The quantitative estimate of drug-likeness (QED) is 0.744. The molecule has 0 spiro atoms. The molecule has 5 nitrogen and oxygen atoms in total. The third kappa shape index (κ3) is 4.99. The van der Waals surface area contributed by atoms with Crippen LogP contribution in [0.3, 0.4) is 0 Å². The zero-order valence-electron chi connectivity index (χ0n) is 18.8. The van der Waals surface area contributed by atoms with Crippen LogP contribution in [-0.2, 0) is 17.8 Å². The molecular formula is C26H30F2N4O. The van der Waals surface area contributed by atoms with Crippen molar-refractivity contribution >= 4 is 17.3 Å². The van der Waals surface area contributed by atoms with Crippen molar-refractivity contribution in [3.05, 3.63) is 64.7 Å². The van der Waals surface area contributed by atoms with E-state index in [1.165, 1.54) is 23.3 Å². The summed E-state index contributed by atoms with van der Waals surface area (Å²) in [6, 6.07) is 13.0. The Hall–Kier alpha value is -2.64. The molecule has 33 heavy (non-hydrogen) atoms. The van der Waals surface area contributed by atoms with Crippen molar-refractivity contribution in [2.24, 2.45) is 4.99 Å². The predicted octanol–water partition coefficient (Wildman–Crippen LogP) is 4.06. The van der Waals surface area contributed by atoms with Gasteiger partial charge in [-0.05, 0) is 54.6 Å². The van der Waals surface area contributed by atoms with E-state index in [4.69, 9.17) is 0 Å². The Balaban J connectivity index is 1.14. The van der Waals surface area contributed by atoms with Crippen LogP contribution in [-0.4, -0.2) is 60.7 Å². The van der Waals surface area contributed by atoms with Gasteiger partial charge >= 0.3 is 0 Å². The van der Waals surface area contributed by atoms with Crippen LogP contribution in [0.1, 0.15) is 47.4 Å². The largest absolute Gasteiger partial charge is 0.335 e. The van der Waals surface area contributed by atoms with E-state index in [0.29, 0.717) is 37.7 Å². The fourth-order valence-corrected chi connectivity index (χ4v) is 5.07. The molecule has 0 aliphatic carbocycles. The van der Waals surface area contributed by atoms with Gasteiger partial charge in [-0.2, -0.15) is 0 Å². The normalized spacial score (nSPS) is 19.6. The Morgan fingerprint density at radius 2 is 1.76 bits per heavy atom. The van der Waals surface area contributed by atoms with Gasteiger partial charge in [-0.1, -0.05) is 36.4 Å². The first-order chi connectivity index (χ1) is 16.1. The van der Waals surface area contributed by atoms with Crippen molar-refractivity contribution in [3.63, 3.8) is 0 Å². The van der Waals surface area contributed by atoms with Crippen LogP contribution in [0, 0.1) is 0 Å². The van der Waals surface area contributed by atoms with Gasteiger partial charge in [0.25, 0.3) is 12.3 Å². The molecule has 3 aliphatic rings. The summed E-state index contributed by atoms with van der Waals surface area (Å²) in [5.41, 5.74) is 5.18. The summed E-state index contributed by atoms with van der Waals surface area (Å²) in [6.07, 6.45) is 0.497. The van der Waals surface area contributed by atoms with Gasteiger partial charge in [0, 0.05) is 44.7 Å². The van der Waals surface area contributed by atoms with Crippen LogP contribution in [0.15, 0.2) is 47.5 Å². The number of piperidine rings is 1. The third-order valence-electron chi connectivity index (χ3n) is 7.07. The Morgan fingerprint density at radius 1 is 1.03 bits per heavy atom. The number of hydrogen-bond donors (Lipinski definition) is 1. The summed E-state index contributed by atoms with van der Waals surface area (Å²) in [4.78, 5) is 21.9. The second kappa shape index (κ2) is 9.69. The lowest BCUT2D eigenvalue weighted by Gasteiger charge is -2.34. The molecule has 0 radical (unpaired) electrons. The highest BCUT2D eigenvalue weighted by molar-refractivity contribution is 6.40. The van der Waals surface area contributed by atoms with E-state index in [-0.39, 0.29) is 11.5 Å². The fourth-order valence-electron chi connectivity index (χ4n) is 5.07. The number of carbonyl (C=O) groups excluding carboxylic acids is 1. The molecular weight excluding hydrogens is 422 g/mol. The number of benzene rings is 2. The molecule has 2 saturated heterocycles. The number of aliphatic imine (C=N–C) groups is 1. The molecule has 7 heteroatoms. The number of fused-ring (bicyclic) bond motifs is 1. The number of amides is 1. The van der Waals surface area contributed by atoms with E-state index in [1.54, 1.807) is 12.1 Å². The van der Waals surface area contributed by atoms with E-state index in [2.05, 4.69) is 33.4 Å². The first-order valence-electron chi connectivity index (χ1n) is 11.9. The molecule has 2 aromatic carbocycles. The summed E-state index contributed by atoms with van der Waals surface area (Å²) >= 11 is 0. The molecule has 5 rings (SSSR count). The van der Waals surface area contributed by atoms with Gasteiger partial charge in [0.15, 0.2) is 0 Å². The molecule has 2 fully saturated rings. The lowest BCUT2D eigenvalue weighted by Crippen LogP contribution is -2.50. The molecule has 0 aromatic heterocycles. The van der Waals surface area contributed by atoms with Crippen LogP contribution in [0.4, 0.5) is 14.5 Å². The summed E-state index contributed by atoms with van der Waals surface area (Å²) in [6.45, 7) is 5.68. The molecule has 1 N–H and O–H groups in total. The highest BCUT2D eigenvalue weighted by atomic mass is 19.3. The van der Waals surface area contributed by atoms with Crippen LogP contribution in [0.2, 0.25) is 0 Å². The first kappa shape index (κ1) is 22.2. The second-order valence-corrected chi connectivity index (χ2v) is 9.26. The SMILES string of the molecule is O=C(C1=Nc2ccc(C3CCNCC3)cc2C1)N1CCN(Cc2ccc(C(F)F)cc2)CC1. The average molecular weight is 453 g/mol. The van der Waals surface area contributed by atoms with Crippen LogP contribution in [0.25, 0.3) is 0 Å². The number of halogens is 2. The first-order valence-corrected chi connectivity index (χ1v) is 11.9. The van der Waals surface area contributed by atoms with Gasteiger partial charge in [-0.15, -0.1) is 0 Å². The van der Waals surface area contributed by atoms with Crippen molar-refractivity contribution in [1.29, 1.82) is 0 Å². The van der Waals surface area contributed by atoms with Gasteiger partial charge in [0.05, 0.1) is 5.69 Å². The standard InChI is InChI=1S/C26H30F2N4O/c27-25(28)20-3-1-18(2-4-20)17-31-11-13-32(14-12-31)26(33)24-16-22-15-21(5-6-23(22)30-24)19-7-9-29-10-8-19/h1-6,15,19,25,29H,7-14,16-17H2. The Labute approximate surface area is 193 Å². The van der Waals surface area contributed by atoms with E-state index in [0.717, 1.165) is 50.3 Å². The third-order valence-corrected chi connectivity index (χ3v) is 7.07. The van der Waals surface area contributed by atoms with Crippen molar-refractivity contribution in [3.8, 4) is 0 Å². The van der Waals surface area contributed by atoms with Crippen LogP contribution >= 0.6 is 0 Å². The minimum absolute atomic E-state index is 0.0375. The molecule has 0 unspecified atom stereocenters. The maximum atomic E-state index is 13.1. The fraction of sp³-hybridized carbons (Fsp3) is 0.462. The maximum Gasteiger partial charge on any atom is 0.268 e. The van der Waals surface area contributed by atoms with Gasteiger partial charge in [0.1, 0.15) is 5.71 Å². The predicted molar refractivity (Wildman–Crippen MR) is 125 cm³/mol. The minimum Gasteiger partial charge on any atom is -0.335 e. The van der Waals surface area contributed by atoms with Gasteiger partial charge < -0.3 is 10.2 Å². The van der Waals surface area contributed by atoms with Crippen molar-refractivity contribution in [1.82, 2.24) is 15.1 Å². The molecule has 0 atom stereocenters. The lowest BCUT2D eigenvalue weighted by molar-refractivity contribution is -0.125. The zero-order valence-corrected chi connectivity index (χ0v) is 18.8. The Bertz CT molecular complexity index is 1020. The number of hydrogen-bond acceptors (Lipinski definition) is 4. The highest BCUT2D eigenvalue weighted by Crippen LogP contribution is 2.33. The lowest BCUT2D eigenvalue weighted by atomic mass is 9.89. The number of nitrogens with zero attached hydrogens (tertiary/aromatic N) is 3. The van der Waals surface area contributed by atoms with E-state index in [9.17, 15) is 13.6 Å². The van der Waals surface area contributed by atoms with Gasteiger partial charge in [-0.25, -0.2) is 13.8 Å². The number of nitrogens with one attached hydrogen (secondary N) is 1. The maximum absolute atomic E-state index is 13.1. The topological polar surface area (TPSA) is 47.9 Å². The minimum atomic E-state index is -2.44. The van der Waals surface area contributed by atoms with E-state index < -0.39 is 6.43 Å². The summed E-state index contributed by atoms with van der Waals surface area (Å²) in [5.74, 6) is 0.631. The van der Waals surface area contributed by atoms with Crippen LogP contribution < -0.4 is 5.32 Å². The van der Waals surface area contributed by atoms with Gasteiger partial charge in [-0.3, -0.25) is 9.69 Å². The van der Waals surface area contributed by atoms with Crippen molar-refractivity contribution < 1.29 is 13.6 Å². The monoisotopic (exact) mass is 452 g/mol. The summed E-state index contributed by atoms with van der Waals surface area (Å²) in [5, 5.41) is 3.41. The van der Waals surface area contributed by atoms with E-state index >= 15 is 0 Å². The van der Waals surface area contributed by atoms with Crippen molar-refractivity contribution in [2.75, 3.05) is 39.3 Å². The summed E-state index contributed by atoms with van der Waals surface area (Å²) < 4.78 is 25.5.